The van der Waals surface area contributed by atoms with Crippen LogP contribution in [0.1, 0.15) is 79.6 Å². The molecule has 5 unspecified atom stereocenters. The zero-order valence-corrected chi connectivity index (χ0v) is 19.5. The Hall–Kier alpha value is -0.990. The summed E-state index contributed by atoms with van der Waals surface area (Å²) in [5.41, 5.74) is 1.19. The van der Waals surface area contributed by atoms with Gasteiger partial charge < -0.3 is 5.32 Å². The lowest BCUT2D eigenvalue weighted by Crippen LogP contribution is -2.52. The SMILES string of the molecule is CC(C)(C)C(=O)NC1C[C@@]2(C)C(=CCC3C4CCC[C@@]4(C)CCC32)C=C1[P+](=O)O. The van der Waals surface area contributed by atoms with E-state index in [1.54, 1.807) is 0 Å². The Labute approximate surface area is 176 Å². The molecule has 1 amide bonds. The summed E-state index contributed by atoms with van der Waals surface area (Å²) in [6, 6.07) is -0.354. The molecule has 4 nitrogen and oxygen atoms in total. The van der Waals surface area contributed by atoms with Gasteiger partial charge in [0.1, 0.15) is 6.04 Å². The van der Waals surface area contributed by atoms with Crippen LogP contribution in [0.3, 0.4) is 0 Å². The number of hydrogen-bond donors (Lipinski definition) is 2. The van der Waals surface area contributed by atoms with Crippen LogP contribution in [0.4, 0.5) is 0 Å². The lowest BCUT2D eigenvalue weighted by molar-refractivity contribution is -0.129. The second-order valence-corrected chi connectivity index (χ2v) is 12.7. The number of rotatable bonds is 2. The summed E-state index contributed by atoms with van der Waals surface area (Å²) in [6.07, 6.45) is 12.8. The highest BCUT2D eigenvalue weighted by Crippen LogP contribution is 2.65. The maximum absolute atomic E-state index is 12.7. The minimum atomic E-state index is -2.46. The highest BCUT2D eigenvalue weighted by Gasteiger charge is 2.57. The van der Waals surface area contributed by atoms with Crippen LogP contribution in [0.15, 0.2) is 23.0 Å². The Bertz CT molecular complexity index is 794. The lowest BCUT2D eigenvalue weighted by atomic mass is 9.48. The standard InChI is InChI=1S/C24H36NO3P/c1-22(2,3)21(26)25-19-14-24(5)15(13-20(19)29(27)28)8-9-16-17-7-6-11-23(17,4)12-10-18(16)24/h8,13,16-19H,6-7,9-12,14H2,1-5H3,(H-,25,26,27,28)/p+1/t16?,17?,18?,19?,23-,24-/m0/s1. The van der Waals surface area contributed by atoms with Crippen LogP contribution in [-0.2, 0) is 9.36 Å². The van der Waals surface area contributed by atoms with Crippen molar-refractivity contribution in [3.63, 3.8) is 0 Å². The Morgan fingerprint density at radius 3 is 2.59 bits per heavy atom. The van der Waals surface area contributed by atoms with Gasteiger partial charge in [0.15, 0.2) is 0 Å². The van der Waals surface area contributed by atoms with Crippen molar-refractivity contribution < 1.29 is 14.3 Å². The molecule has 0 bridgehead atoms. The topological polar surface area (TPSA) is 66.4 Å². The van der Waals surface area contributed by atoms with Gasteiger partial charge in [0.05, 0.1) is 0 Å². The lowest BCUT2D eigenvalue weighted by Gasteiger charge is -2.56. The van der Waals surface area contributed by atoms with Crippen molar-refractivity contribution in [2.24, 2.45) is 34.0 Å². The molecular weight excluding hydrogens is 381 g/mol. The van der Waals surface area contributed by atoms with Crippen molar-refractivity contribution in [2.75, 3.05) is 0 Å². The Balaban J connectivity index is 1.68. The first kappa shape index (κ1) is 21.2. The fourth-order valence-corrected chi connectivity index (χ4v) is 7.75. The molecule has 4 aliphatic rings. The van der Waals surface area contributed by atoms with Gasteiger partial charge in [0, 0.05) is 5.41 Å². The van der Waals surface area contributed by atoms with Gasteiger partial charge >= 0.3 is 8.03 Å². The fourth-order valence-electron chi connectivity index (χ4n) is 7.08. The van der Waals surface area contributed by atoms with Gasteiger partial charge in [0.2, 0.25) is 11.2 Å². The van der Waals surface area contributed by atoms with Crippen molar-refractivity contribution >= 4 is 13.9 Å². The quantitative estimate of drug-likeness (QED) is 0.565. The Kier molecular flexibility index (Phi) is 5.15. The van der Waals surface area contributed by atoms with E-state index >= 15 is 0 Å². The number of amides is 1. The van der Waals surface area contributed by atoms with Gasteiger partial charge in [0.25, 0.3) is 0 Å². The minimum absolute atomic E-state index is 0.0302. The van der Waals surface area contributed by atoms with E-state index in [4.69, 9.17) is 0 Å². The first-order valence-electron chi connectivity index (χ1n) is 11.3. The predicted octanol–water partition coefficient (Wildman–Crippen LogP) is 5.71. The van der Waals surface area contributed by atoms with Crippen LogP contribution >= 0.6 is 8.03 Å². The largest absolute Gasteiger partial charge is 0.543 e. The summed E-state index contributed by atoms with van der Waals surface area (Å²) in [4.78, 5) is 22.7. The molecule has 0 aliphatic heterocycles. The number of carbonyl (C=O) groups is 1. The smallest absolute Gasteiger partial charge is 0.345 e. The molecule has 0 saturated heterocycles. The van der Waals surface area contributed by atoms with Crippen molar-refractivity contribution in [3.05, 3.63) is 23.0 Å². The molecule has 2 N–H and O–H groups in total. The molecule has 5 heteroatoms. The molecular formula is C24H37NO3P+. The Morgan fingerprint density at radius 1 is 1.21 bits per heavy atom. The van der Waals surface area contributed by atoms with Crippen LogP contribution in [0.25, 0.3) is 0 Å². The van der Waals surface area contributed by atoms with Crippen LogP contribution in [0, 0.1) is 34.0 Å². The zero-order chi connectivity index (χ0) is 21.2. The van der Waals surface area contributed by atoms with E-state index in [1.165, 1.54) is 37.7 Å². The van der Waals surface area contributed by atoms with Crippen LogP contribution in [0.5, 0.6) is 0 Å². The van der Waals surface area contributed by atoms with Gasteiger partial charge in [-0.25, -0.2) is 0 Å². The van der Waals surface area contributed by atoms with Crippen LogP contribution in [-0.4, -0.2) is 16.8 Å². The average Bonchev–Trinajstić information content (AvgIpc) is 3.01. The van der Waals surface area contributed by atoms with Crippen molar-refractivity contribution in [1.29, 1.82) is 0 Å². The second kappa shape index (κ2) is 7.02. The van der Waals surface area contributed by atoms with Crippen molar-refractivity contribution in [3.8, 4) is 0 Å². The molecule has 0 radical (unpaired) electrons. The third-order valence-electron chi connectivity index (χ3n) is 8.80. The zero-order valence-electron chi connectivity index (χ0n) is 18.6. The highest BCUT2D eigenvalue weighted by atomic mass is 31.1. The molecule has 4 rings (SSSR count). The van der Waals surface area contributed by atoms with Crippen molar-refractivity contribution in [1.82, 2.24) is 5.32 Å². The molecule has 160 valence electrons. The molecule has 2 saturated carbocycles. The summed E-state index contributed by atoms with van der Waals surface area (Å²) in [6.45, 7) is 10.5. The first-order chi connectivity index (χ1) is 13.5. The van der Waals surface area contributed by atoms with Gasteiger partial charge in [-0.1, -0.05) is 47.1 Å². The van der Waals surface area contributed by atoms with E-state index in [9.17, 15) is 14.3 Å². The number of fused-ring (bicyclic) bond motifs is 5. The van der Waals surface area contributed by atoms with E-state index in [2.05, 4.69) is 25.2 Å². The molecule has 0 heterocycles. The summed E-state index contributed by atoms with van der Waals surface area (Å²) >= 11 is 0. The van der Waals surface area contributed by atoms with E-state index in [0.717, 1.165) is 18.8 Å². The van der Waals surface area contributed by atoms with Gasteiger partial charge in [-0.2, -0.15) is 4.89 Å². The van der Waals surface area contributed by atoms with Crippen LogP contribution in [0.2, 0.25) is 0 Å². The summed E-state index contributed by atoms with van der Waals surface area (Å²) in [5, 5.41) is 3.61. The summed E-state index contributed by atoms with van der Waals surface area (Å²) in [5.74, 6) is 2.06. The monoisotopic (exact) mass is 418 g/mol. The number of hydrogen-bond acceptors (Lipinski definition) is 2. The molecule has 0 aromatic heterocycles. The number of allylic oxidation sites excluding steroid dienone is 3. The summed E-state index contributed by atoms with van der Waals surface area (Å²) in [7, 11) is -2.46. The molecule has 0 aromatic rings. The van der Waals surface area contributed by atoms with Crippen LogP contribution < -0.4 is 5.32 Å². The third kappa shape index (κ3) is 3.45. The van der Waals surface area contributed by atoms with E-state index in [1.807, 2.05) is 26.8 Å². The third-order valence-corrected chi connectivity index (χ3v) is 9.68. The fraction of sp³-hybridized carbons (Fsp3) is 0.792. The van der Waals surface area contributed by atoms with E-state index in [-0.39, 0.29) is 17.4 Å². The normalized spacial score (nSPS) is 42.1. The maximum atomic E-state index is 12.7. The van der Waals surface area contributed by atoms with Gasteiger partial charge in [-0.15, -0.1) is 0 Å². The molecule has 29 heavy (non-hydrogen) atoms. The second-order valence-electron chi connectivity index (χ2n) is 11.6. The van der Waals surface area contributed by atoms with E-state index < -0.39 is 13.4 Å². The molecule has 4 aliphatic carbocycles. The maximum Gasteiger partial charge on any atom is 0.543 e. The number of nitrogens with one attached hydrogen (secondary N) is 1. The molecule has 0 spiro atoms. The minimum Gasteiger partial charge on any atom is -0.345 e. The van der Waals surface area contributed by atoms with E-state index in [0.29, 0.717) is 22.6 Å². The molecule has 0 aromatic carbocycles. The molecule has 2 fully saturated rings. The van der Waals surface area contributed by atoms with Gasteiger partial charge in [-0.05, 0) is 83.3 Å². The average molecular weight is 419 g/mol. The van der Waals surface area contributed by atoms with Crippen molar-refractivity contribution in [2.45, 2.75) is 85.6 Å². The predicted molar refractivity (Wildman–Crippen MR) is 116 cm³/mol. The summed E-state index contributed by atoms with van der Waals surface area (Å²) < 4.78 is 12.2. The number of carbonyl (C=O) groups excluding carboxylic acids is 1. The van der Waals surface area contributed by atoms with Gasteiger partial charge in [-0.3, -0.25) is 4.79 Å². The first-order valence-corrected chi connectivity index (χ1v) is 12.6. The molecule has 7 atom stereocenters. The highest BCUT2D eigenvalue weighted by molar-refractivity contribution is 7.43. The Morgan fingerprint density at radius 2 is 1.93 bits per heavy atom.